The van der Waals surface area contributed by atoms with Crippen molar-refractivity contribution in [1.29, 1.82) is 0 Å². The maximum Gasteiger partial charge on any atom is 0.255 e. The first-order valence-corrected chi connectivity index (χ1v) is 10.4. The van der Waals surface area contributed by atoms with Gasteiger partial charge < -0.3 is 10.1 Å². The van der Waals surface area contributed by atoms with E-state index in [2.05, 4.69) is 5.32 Å². The van der Waals surface area contributed by atoms with Gasteiger partial charge in [0.15, 0.2) is 0 Å². The minimum atomic E-state index is -3.17. The minimum Gasteiger partial charge on any atom is -0.457 e. The molecule has 138 valence electrons. The fourth-order valence-electron chi connectivity index (χ4n) is 2.95. The van der Waals surface area contributed by atoms with Crippen molar-refractivity contribution in [3.63, 3.8) is 0 Å². The summed E-state index contributed by atoms with van der Waals surface area (Å²) >= 11 is 0. The molecule has 2 aromatic rings. The highest BCUT2D eigenvalue weighted by atomic mass is 32.2. The number of nitrogens with one attached hydrogen (secondary N) is 1. The maximum atomic E-state index is 12.7. The van der Waals surface area contributed by atoms with Crippen molar-refractivity contribution in [3.8, 4) is 11.5 Å². The molecular formula is C19H22N2O4S. The van der Waals surface area contributed by atoms with E-state index in [1.807, 2.05) is 36.4 Å². The van der Waals surface area contributed by atoms with E-state index in [9.17, 15) is 13.2 Å². The van der Waals surface area contributed by atoms with Crippen LogP contribution in [0.5, 0.6) is 11.5 Å². The van der Waals surface area contributed by atoms with Crippen LogP contribution in [0.2, 0.25) is 0 Å². The number of nitrogens with zero attached hydrogens (tertiary/aromatic N) is 1. The maximum absolute atomic E-state index is 12.7. The largest absolute Gasteiger partial charge is 0.457 e. The van der Waals surface area contributed by atoms with Gasteiger partial charge in [-0.25, -0.2) is 12.7 Å². The molecule has 6 nitrogen and oxygen atoms in total. The van der Waals surface area contributed by atoms with Crippen molar-refractivity contribution in [3.05, 3.63) is 60.2 Å². The number of hydrogen-bond acceptors (Lipinski definition) is 4. The first-order chi connectivity index (χ1) is 12.4. The Morgan fingerprint density at radius 3 is 2.31 bits per heavy atom. The molecule has 1 fully saturated rings. The lowest BCUT2D eigenvalue weighted by atomic mass is 10.1. The molecule has 3 rings (SSSR count). The Morgan fingerprint density at radius 2 is 1.65 bits per heavy atom. The first-order valence-electron chi connectivity index (χ1n) is 8.51. The van der Waals surface area contributed by atoms with Gasteiger partial charge in [-0.15, -0.1) is 0 Å². The highest BCUT2D eigenvalue weighted by Gasteiger charge is 2.26. The van der Waals surface area contributed by atoms with Crippen LogP contribution in [0.1, 0.15) is 23.2 Å². The number of para-hydroxylation sites is 2. The monoisotopic (exact) mass is 374 g/mol. The van der Waals surface area contributed by atoms with Gasteiger partial charge in [-0.05, 0) is 37.1 Å². The van der Waals surface area contributed by atoms with E-state index in [0.717, 1.165) is 0 Å². The molecule has 1 aliphatic heterocycles. The number of carbonyl (C=O) groups is 1. The van der Waals surface area contributed by atoms with Gasteiger partial charge >= 0.3 is 0 Å². The van der Waals surface area contributed by atoms with Gasteiger partial charge in [0, 0.05) is 19.1 Å². The van der Waals surface area contributed by atoms with E-state index in [1.165, 1.54) is 10.6 Å². The third-order valence-electron chi connectivity index (χ3n) is 4.36. The van der Waals surface area contributed by atoms with Crippen molar-refractivity contribution in [2.75, 3.05) is 19.3 Å². The number of rotatable bonds is 5. The summed E-state index contributed by atoms with van der Waals surface area (Å²) in [7, 11) is -3.17. The molecule has 26 heavy (non-hydrogen) atoms. The topological polar surface area (TPSA) is 75.7 Å². The summed E-state index contributed by atoms with van der Waals surface area (Å²) in [4.78, 5) is 12.7. The summed E-state index contributed by atoms with van der Waals surface area (Å²) in [5, 5.41) is 2.99. The van der Waals surface area contributed by atoms with Gasteiger partial charge in [0.2, 0.25) is 10.0 Å². The van der Waals surface area contributed by atoms with Crippen LogP contribution in [0, 0.1) is 0 Å². The lowest BCUT2D eigenvalue weighted by Crippen LogP contribution is -2.46. The van der Waals surface area contributed by atoms with E-state index in [-0.39, 0.29) is 11.9 Å². The second kappa shape index (κ2) is 7.88. The SMILES string of the molecule is CS(=O)(=O)N1CCC(NC(=O)c2ccccc2Oc2ccccc2)CC1. The van der Waals surface area contributed by atoms with Crippen LogP contribution in [-0.2, 0) is 10.0 Å². The fraction of sp³-hybridized carbons (Fsp3) is 0.316. The second-order valence-corrected chi connectivity index (χ2v) is 8.30. The van der Waals surface area contributed by atoms with Crippen molar-refractivity contribution in [1.82, 2.24) is 9.62 Å². The molecule has 1 heterocycles. The molecule has 1 N–H and O–H groups in total. The molecule has 7 heteroatoms. The van der Waals surface area contributed by atoms with Gasteiger partial charge in [-0.1, -0.05) is 30.3 Å². The molecule has 1 amide bonds. The van der Waals surface area contributed by atoms with Crippen molar-refractivity contribution in [2.45, 2.75) is 18.9 Å². The standard InChI is InChI=1S/C19H22N2O4S/c1-26(23,24)21-13-11-15(12-14-21)20-19(22)17-9-5-6-10-18(17)25-16-7-3-2-4-8-16/h2-10,15H,11-14H2,1H3,(H,20,22). The van der Waals surface area contributed by atoms with Gasteiger partial charge in [-0.3, -0.25) is 4.79 Å². The number of benzene rings is 2. The number of piperidine rings is 1. The molecule has 0 atom stereocenters. The summed E-state index contributed by atoms with van der Waals surface area (Å²) in [6, 6.07) is 16.3. The van der Waals surface area contributed by atoms with Crippen molar-refractivity contribution in [2.24, 2.45) is 0 Å². The van der Waals surface area contributed by atoms with Crippen LogP contribution >= 0.6 is 0 Å². The zero-order valence-electron chi connectivity index (χ0n) is 14.6. The normalized spacial score (nSPS) is 16.2. The average Bonchev–Trinajstić information content (AvgIpc) is 2.63. The molecule has 0 spiro atoms. The lowest BCUT2D eigenvalue weighted by Gasteiger charge is -2.30. The summed E-state index contributed by atoms with van der Waals surface area (Å²) in [6.07, 6.45) is 2.41. The molecule has 0 aliphatic carbocycles. The summed E-state index contributed by atoms with van der Waals surface area (Å²) in [5.74, 6) is 0.938. The smallest absolute Gasteiger partial charge is 0.255 e. The predicted molar refractivity (Wildman–Crippen MR) is 99.9 cm³/mol. The first kappa shape index (κ1) is 18.4. The Hall–Kier alpha value is -2.38. The molecule has 0 saturated carbocycles. The van der Waals surface area contributed by atoms with Crippen LogP contribution in [0.3, 0.4) is 0 Å². The van der Waals surface area contributed by atoms with Crippen molar-refractivity contribution >= 4 is 15.9 Å². The quantitative estimate of drug-likeness (QED) is 0.873. The van der Waals surface area contributed by atoms with E-state index in [1.54, 1.807) is 18.2 Å². The molecule has 1 saturated heterocycles. The van der Waals surface area contributed by atoms with E-state index in [0.29, 0.717) is 43.0 Å². The Labute approximate surface area is 153 Å². The molecule has 0 bridgehead atoms. The third kappa shape index (κ3) is 4.62. The van der Waals surface area contributed by atoms with Gasteiger partial charge in [-0.2, -0.15) is 0 Å². The van der Waals surface area contributed by atoms with Crippen LogP contribution in [-0.4, -0.2) is 44.0 Å². The molecule has 0 aromatic heterocycles. The molecular weight excluding hydrogens is 352 g/mol. The predicted octanol–water partition coefficient (Wildman–Crippen LogP) is 2.63. The average molecular weight is 374 g/mol. The van der Waals surface area contributed by atoms with Crippen LogP contribution < -0.4 is 10.1 Å². The van der Waals surface area contributed by atoms with Gasteiger partial charge in [0.1, 0.15) is 11.5 Å². The van der Waals surface area contributed by atoms with E-state index < -0.39 is 10.0 Å². The second-order valence-electron chi connectivity index (χ2n) is 6.32. The van der Waals surface area contributed by atoms with Gasteiger partial charge in [0.05, 0.1) is 11.8 Å². The molecule has 0 unspecified atom stereocenters. The van der Waals surface area contributed by atoms with Crippen LogP contribution in [0.4, 0.5) is 0 Å². The summed E-state index contributed by atoms with van der Waals surface area (Å²) in [6.45, 7) is 0.845. The zero-order valence-corrected chi connectivity index (χ0v) is 15.4. The Morgan fingerprint density at radius 1 is 1.04 bits per heavy atom. The lowest BCUT2D eigenvalue weighted by molar-refractivity contribution is 0.0921. The molecule has 0 radical (unpaired) electrons. The molecule has 2 aromatic carbocycles. The number of amides is 1. The van der Waals surface area contributed by atoms with Crippen molar-refractivity contribution < 1.29 is 17.9 Å². The summed E-state index contributed by atoms with van der Waals surface area (Å²) in [5.41, 5.74) is 0.460. The zero-order chi connectivity index (χ0) is 18.6. The number of ether oxygens (including phenoxy) is 1. The Kier molecular flexibility index (Phi) is 5.58. The highest BCUT2D eigenvalue weighted by molar-refractivity contribution is 7.88. The van der Waals surface area contributed by atoms with Crippen LogP contribution in [0.15, 0.2) is 54.6 Å². The number of sulfonamides is 1. The highest BCUT2D eigenvalue weighted by Crippen LogP contribution is 2.25. The Balaban J connectivity index is 1.66. The van der Waals surface area contributed by atoms with Crippen LogP contribution in [0.25, 0.3) is 0 Å². The minimum absolute atomic E-state index is 0.0507. The van der Waals surface area contributed by atoms with Gasteiger partial charge in [0.25, 0.3) is 5.91 Å². The number of hydrogen-bond donors (Lipinski definition) is 1. The fourth-order valence-corrected chi connectivity index (χ4v) is 3.83. The third-order valence-corrected chi connectivity index (χ3v) is 5.66. The number of carbonyl (C=O) groups excluding carboxylic acids is 1. The Bertz CT molecular complexity index is 860. The summed E-state index contributed by atoms with van der Waals surface area (Å²) < 4.78 is 30.4. The van der Waals surface area contributed by atoms with E-state index in [4.69, 9.17) is 4.74 Å². The van der Waals surface area contributed by atoms with E-state index >= 15 is 0 Å². The molecule has 1 aliphatic rings.